The lowest BCUT2D eigenvalue weighted by atomic mass is 9.93. The van der Waals surface area contributed by atoms with Crippen molar-refractivity contribution in [1.82, 2.24) is 15.5 Å². The summed E-state index contributed by atoms with van der Waals surface area (Å²) in [7, 11) is 0. The van der Waals surface area contributed by atoms with E-state index < -0.39 is 5.54 Å². The van der Waals surface area contributed by atoms with E-state index in [2.05, 4.69) is 15.5 Å². The third-order valence-corrected chi connectivity index (χ3v) is 4.08. The number of aromatic nitrogens is 2. The van der Waals surface area contributed by atoms with Gasteiger partial charge in [0.1, 0.15) is 13.2 Å². The molecule has 0 aliphatic carbocycles. The summed E-state index contributed by atoms with van der Waals surface area (Å²) < 4.78 is 16.2. The normalized spacial score (nSPS) is 13.6. The quantitative estimate of drug-likeness (QED) is 0.866. The molecule has 1 amide bonds. The number of carbonyl (C=O) groups is 1. The number of ether oxygens (including phenoxy) is 2. The number of nitrogens with one attached hydrogen (secondary N) is 1. The van der Waals surface area contributed by atoms with Crippen molar-refractivity contribution in [2.45, 2.75) is 45.6 Å². The molecular weight excluding hydrogens is 322 g/mol. The molecule has 1 aromatic heterocycles. The maximum Gasteiger partial charge on any atom is 0.226 e. The first-order chi connectivity index (χ1) is 11.9. The minimum absolute atomic E-state index is 0.0175. The largest absolute Gasteiger partial charge is 0.486 e. The summed E-state index contributed by atoms with van der Waals surface area (Å²) in [5.74, 6) is 2.62. The molecule has 7 nitrogen and oxygen atoms in total. The van der Waals surface area contributed by atoms with Gasteiger partial charge >= 0.3 is 0 Å². The Kier molecular flexibility index (Phi) is 4.92. The van der Waals surface area contributed by atoms with Crippen LogP contribution in [0.15, 0.2) is 22.7 Å². The summed E-state index contributed by atoms with van der Waals surface area (Å²) in [6, 6.07) is 5.76. The predicted molar refractivity (Wildman–Crippen MR) is 90.6 cm³/mol. The van der Waals surface area contributed by atoms with E-state index in [-0.39, 0.29) is 5.91 Å². The number of fused-ring (bicyclic) bond motifs is 1. The van der Waals surface area contributed by atoms with Crippen LogP contribution in [0.25, 0.3) is 0 Å². The Labute approximate surface area is 146 Å². The summed E-state index contributed by atoms with van der Waals surface area (Å²) in [6.07, 6.45) is 1.65. The van der Waals surface area contributed by atoms with Crippen LogP contribution in [0.3, 0.4) is 0 Å². The Morgan fingerprint density at radius 1 is 1.24 bits per heavy atom. The molecule has 0 radical (unpaired) electrons. The molecule has 1 aliphatic rings. The van der Waals surface area contributed by atoms with Gasteiger partial charge in [0.2, 0.25) is 11.8 Å². The second kappa shape index (κ2) is 7.13. The molecule has 25 heavy (non-hydrogen) atoms. The molecule has 134 valence electrons. The fraction of sp³-hybridized carbons (Fsp3) is 0.500. The van der Waals surface area contributed by atoms with Crippen LogP contribution < -0.4 is 14.8 Å². The number of carbonyl (C=O) groups excluding carboxylic acids is 1. The number of hydrogen-bond acceptors (Lipinski definition) is 6. The zero-order valence-corrected chi connectivity index (χ0v) is 14.8. The minimum Gasteiger partial charge on any atom is -0.486 e. The monoisotopic (exact) mass is 345 g/mol. The molecule has 0 saturated heterocycles. The van der Waals surface area contributed by atoms with Gasteiger partial charge in [-0.25, -0.2) is 0 Å². The Balaban J connectivity index is 1.55. The Morgan fingerprint density at radius 2 is 2.00 bits per heavy atom. The van der Waals surface area contributed by atoms with Gasteiger partial charge in [-0.05, 0) is 44.9 Å². The summed E-state index contributed by atoms with van der Waals surface area (Å²) in [6.45, 7) is 6.81. The van der Waals surface area contributed by atoms with Gasteiger partial charge < -0.3 is 19.3 Å². The predicted octanol–water partition coefficient (Wildman–Crippen LogP) is 2.52. The highest BCUT2D eigenvalue weighted by Gasteiger charge is 2.25. The molecule has 1 aromatic carbocycles. The fourth-order valence-electron chi connectivity index (χ4n) is 2.76. The average molecular weight is 345 g/mol. The molecule has 3 rings (SSSR count). The van der Waals surface area contributed by atoms with E-state index in [9.17, 15) is 4.79 Å². The van der Waals surface area contributed by atoms with Crippen LogP contribution in [0.2, 0.25) is 0 Å². The van der Waals surface area contributed by atoms with E-state index in [0.717, 1.165) is 17.1 Å². The minimum atomic E-state index is -0.506. The molecule has 7 heteroatoms. The third kappa shape index (κ3) is 4.29. The van der Waals surface area contributed by atoms with Crippen LogP contribution in [-0.4, -0.2) is 29.3 Å². The van der Waals surface area contributed by atoms with Crippen molar-refractivity contribution in [2.75, 3.05) is 13.2 Å². The summed E-state index contributed by atoms with van der Waals surface area (Å²) >= 11 is 0. The van der Waals surface area contributed by atoms with Gasteiger partial charge in [0.15, 0.2) is 17.3 Å². The molecule has 2 aromatic rings. The van der Waals surface area contributed by atoms with Gasteiger partial charge in [-0.1, -0.05) is 11.2 Å². The lowest BCUT2D eigenvalue weighted by molar-refractivity contribution is -0.122. The SMILES string of the molecule is Cc1noc(CCCC(=O)NC(C)(C)c2ccc3c(c2)OCCO3)n1. The summed E-state index contributed by atoms with van der Waals surface area (Å²) in [5.41, 5.74) is 0.464. The molecule has 1 N–H and O–H groups in total. The zero-order chi connectivity index (χ0) is 17.9. The number of aryl methyl sites for hydroxylation is 2. The van der Waals surface area contributed by atoms with Crippen LogP contribution in [0, 0.1) is 6.92 Å². The lowest BCUT2D eigenvalue weighted by Crippen LogP contribution is -2.41. The lowest BCUT2D eigenvalue weighted by Gasteiger charge is -2.28. The number of amides is 1. The second-order valence-electron chi connectivity index (χ2n) is 6.62. The Bertz CT molecular complexity index is 755. The molecule has 0 bridgehead atoms. The Hall–Kier alpha value is -2.57. The molecule has 0 saturated carbocycles. The number of hydrogen-bond donors (Lipinski definition) is 1. The van der Waals surface area contributed by atoms with Gasteiger partial charge in [-0.3, -0.25) is 4.79 Å². The molecule has 0 fully saturated rings. The topological polar surface area (TPSA) is 86.5 Å². The van der Waals surface area contributed by atoms with E-state index in [1.54, 1.807) is 6.92 Å². The standard InChI is InChI=1S/C18H23N3O4/c1-12-19-17(25-21-12)6-4-5-16(22)20-18(2,3)13-7-8-14-15(11-13)24-10-9-23-14/h7-8,11H,4-6,9-10H2,1-3H3,(H,20,22). The average Bonchev–Trinajstić information content (AvgIpc) is 2.99. The smallest absolute Gasteiger partial charge is 0.226 e. The van der Waals surface area contributed by atoms with Crippen LogP contribution in [0.4, 0.5) is 0 Å². The van der Waals surface area contributed by atoms with Gasteiger partial charge in [0, 0.05) is 12.8 Å². The highest BCUT2D eigenvalue weighted by molar-refractivity contribution is 5.77. The van der Waals surface area contributed by atoms with Crippen molar-refractivity contribution >= 4 is 5.91 Å². The van der Waals surface area contributed by atoms with Crippen molar-refractivity contribution in [3.05, 3.63) is 35.5 Å². The van der Waals surface area contributed by atoms with Gasteiger partial charge in [0.25, 0.3) is 0 Å². The number of nitrogens with zero attached hydrogens (tertiary/aromatic N) is 2. The maximum atomic E-state index is 12.3. The molecule has 0 unspecified atom stereocenters. The molecule has 2 heterocycles. The Morgan fingerprint density at radius 3 is 2.72 bits per heavy atom. The highest BCUT2D eigenvalue weighted by atomic mass is 16.6. The van der Waals surface area contributed by atoms with Crippen molar-refractivity contribution in [2.24, 2.45) is 0 Å². The van der Waals surface area contributed by atoms with Crippen molar-refractivity contribution in [3.8, 4) is 11.5 Å². The van der Waals surface area contributed by atoms with Gasteiger partial charge in [0.05, 0.1) is 5.54 Å². The fourth-order valence-corrected chi connectivity index (χ4v) is 2.76. The third-order valence-electron chi connectivity index (χ3n) is 4.08. The van der Waals surface area contributed by atoms with Crippen LogP contribution >= 0.6 is 0 Å². The van der Waals surface area contributed by atoms with E-state index in [1.165, 1.54) is 0 Å². The van der Waals surface area contributed by atoms with Crippen molar-refractivity contribution < 1.29 is 18.8 Å². The summed E-state index contributed by atoms with van der Waals surface area (Å²) in [4.78, 5) is 16.4. The van der Waals surface area contributed by atoms with Crippen LogP contribution in [0.5, 0.6) is 11.5 Å². The van der Waals surface area contributed by atoms with E-state index in [0.29, 0.717) is 44.2 Å². The van der Waals surface area contributed by atoms with Gasteiger partial charge in [-0.15, -0.1) is 0 Å². The first-order valence-corrected chi connectivity index (χ1v) is 8.44. The maximum absolute atomic E-state index is 12.3. The first-order valence-electron chi connectivity index (χ1n) is 8.44. The van der Waals surface area contributed by atoms with Crippen molar-refractivity contribution in [1.29, 1.82) is 0 Å². The highest BCUT2D eigenvalue weighted by Crippen LogP contribution is 2.34. The van der Waals surface area contributed by atoms with Crippen LogP contribution in [0.1, 0.15) is 44.0 Å². The molecular formula is C18H23N3O4. The number of benzene rings is 1. The second-order valence-corrected chi connectivity index (χ2v) is 6.62. The van der Waals surface area contributed by atoms with Crippen molar-refractivity contribution in [3.63, 3.8) is 0 Å². The zero-order valence-electron chi connectivity index (χ0n) is 14.8. The van der Waals surface area contributed by atoms with Gasteiger partial charge in [-0.2, -0.15) is 4.98 Å². The summed E-state index contributed by atoms with van der Waals surface area (Å²) in [5, 5.41) is 6.81. The first kappa shape index (κ1) is 17.3. The van der Waals surface area contributed by atoms with Crippen LogP contribution in [-0.2, 0) is 16.8 Å². The molecule has 0 atom stereocenters. The van der Waals surface area contributed by atoms with E-state index in [1.807, 2.05) is 32.0 Å². The molecule has 1 aliphatic heterocycles. The van der Waals surface area contributed by atoms with E-state index in [4.69, 9.17) is 14.0 Å². The number of rotatable bonds is 6. The van der Waals surface area contributed by atoms with E-state index >= 15 is 0 Å². The molecule has 0 spiro atoms.